The summed E-state index contributed by atoms with van der Waals surface area (Å²) < 4.78 is 0. The molecule has 4 nitrogen and oxygen atoms in total. The Hall–Kier alpha value is -2.14. The van der Waals surface area contributed by atoms with E-state index in [0.717, 1.165) is 29.7 Å². The third kappa shape index (κ3) is 3.76. The van der Waals surface area contributed by atoms with Crippen LogP contribution in [0.25, 0.3) is 0 Å². The topological polar surface area (TPSA) is 58.2 Å². The van der Waals surface area contributed by atoms with E-state index in [4.69, 9.17) is 0 Å². The average molecular weight is 356 g/mol. The summed E-state index contributed by atoms with van der Waals surface area (Å²) in [5.74, 6) is -1.17. The standard InChI is InChI=1S/C20H24N2O2S/c1-14-6-5-7-15(2)17(14)22-19(24)18(23)21-13-20(9-3-4-10-20)16-8-11-25-12-16/h5-8,11-12H,3-4,9-10,13H2,1-2H3,(H,21,23)(H,22,24). The molecule has 0 aliphatic heterocycles. The van der Waals surface area contributed by atoms with Crippen LogP contribution in [0.3, 0.4) is 0 Å². The lowest BCUT2D eigenvalue weighted by atomic mass is 9.80. The maximum atomic E-state index is 12.3. The van der Waals surface area contributed by atoms with E-state index in [1.54, 1.807) is 11.3 Å². The van der Waals surface area contributed by atoms with Crippen LogP contribution in [0.1, 0.15) is 42.4 Å². The van der Waals surface area contributed by atoms with Gasteiger partial charge < -0.3 is 10.6 Å². The van der Waals surface area contributed by atoms with Crippen molar-refractivity contribution in [1.82, 2.24) is 5.32 Å². The molecule has 1 heterocycles. The molecule has 0 saturated heterocycles. The molecule has 5 heteroatoms. The van der Waals surface area contributed by atoms with Crippen molar-refractivity contribution in [1.29, 1.82) is 0 Å². The van der Waals surface area contributed by atoms with Gasteiger partial charge in [0.05, 0.1) is 0 Å². The minimum Gasteiger partial charge on any atom is -0.347 e. The number of rotatable bonds is 4. The number of benzene rings is 1. The number of amides is 2. The normalized spacial score (nSPS) is 15.8. The van der Waals surface area contributed by atoms with Crippen molar-refractivity contribution in [3.8, 4) is 0 Å². The SMILES string of the molecule is Cc1cccc(C)c1NC(=O)C(=O)NCC1(c2ccsc2)CCCC1. The second kappa shape index (κ2) is 7.40. The van der Waals surface area contributed by atoms with E-state index in [2.05, 4.69) is 27.5 Å². The summed E-state index contributed by atoms with van der Waals surface area (Å²) in [5.41, 5.74) is 3.88. The molecular weight excluding hydrogens is 332 g/mol. The van der Waals surface area contributed by atoms with Gasteiger partial charge in [0.15, 0.2) is 0 Å². The van der Waals surface area contributed by atoms with Crippen molar-refractivity contribution in [3.05, 3.63) is 51.7 Å². The zero-order valence-electron chi connectivity index (χ0n) is 14.7. The van der Waals surface area contributed by atoms with E-state index in [9.17, 15) is 9.59 Å². The Morgan fingerprint density at radius 3 is 2.36 bits per heavy atom. The van der Waals surface area contributed by atoms with Crippen LogP contribution in [-0.4, -0.2) is 18.4 Å². The molecule has 0 radical (unpaired) electrons. The van der Waals surface area contributed by atoms with Crippen LogP contribution in [-0.2, 0) is 15.0 Å². The molecule has 0 unspecified atom stereocenters. The van der Waals surface area contributed by atoms with Crippen LogP contribution in [0.2, 0.25) is 0 Å². The fraction of sp³-hybridized carbons (Fsp3) is 0.400. The second-order valence-corrected chi connectivity index (χ2v) is 7.68. The molecule has 1 aliphatic rings. The van der Waals surface area contributed by atoms with E-state index in [1.165, 1.54) is 18.4 Å². The Balaban J connectivity index is 1.65. The summed E-state index contributed by atoms with van der Waals surface area (Å²) in [5, 5.41) is 9.85. The predicted molar refractivity (Wildman–Crippen MR) is 102 cm³/mol. The van der Waals surface area contributed by atoms with E-state index >= 15 is 0 Å². The Labute approximate surface area is 152 Å². The Morgan fingerprint density at radius 1 is 1.08 bits per heavy atom. The summed E-state index contributed by atoms with van der Waals surface area (Å²) in [4.78, 5) is 24.6. The monoisotopic (exact) mass is 356 g/mol. The molecular formula is C20H24N2O2S. The third-order valence-corrected chi connectivity index (χ3v) is 5.89. The van der Waals surface area contributed by atoms with E-state index < -0.39 is 11.8 Å². The first-order chi connectivity index (χ1) is 12.0. The highest BCUT2D eigenvalue weighted by Gasteiger charge is 2.36. The molecule has 1 aromatic heterocycles. The highest BCUT2D eigenvalue weighted by Crippen LogP contribution is 2.41. The van der Waals surface area contributed by atoms with Crippen LogP contribution in [0.5, 0.6) is 0 Å². The molecule has 1 saturated carbocycles. The third-order valence-electron chi connectivity index (χ3n) is 5.21. The number of aryl methyl sites for hydroxylation is 2. The Kier molecular flexibility index (Phi) is 5.23. The molecule has 2 N–H and O–H groups in total. The maximum Gasteiger partial charge on any atom is 0.313 e. The van der Waals surface area contributed by atoms with Gasteiger partial charge in [0.2, 0.25) is 0 Å². The Bertz CT molecular complexity index is 742. The van der Waals surface area contributed by atoms with Crippen LogP contribution < -0.4 is 10.6 Å². The van der Waals surface area contributed by atoms with E-state index in [1.807, 2.05) is 32.0 Å². The highest BCUT2D eigenvalue weighted by atomic mass is 32.1. The zero-order chi connectivity index (χ0) is 17.9. The molecule has 1 aromatic carbocycles. The predicted octanol–water partition coefficient (Wildman–Crippen LogP) is 3.93. The lowest BCUT2D eigenvalue weighted by Crippen LogP contribution is -2.43. The van der Waals surface area contributed by atoms with Crippen molar-refractivity contribution in [2.24, 2.45) is 0 Å². The van der Waals surface area contributed by atoms with Crippen molar-refractivity contribution in [3.63, 3.8) is 0 Å². The minimum absolute atomic E-state index is 0.0193. The summed E-state index contributed by atoms with van der Waals surface area (Å²) in [6.07, 6.45) is 4.45. The average Bonchev–Trinajstić information content (AvgIpc) is 3.27. The van der Waals surface area contributed by atoms with Gasteiger partial charge in [0.25, 0.3) is 0 Å². The summed E-state index contributed by atoms with van der Waals surface area (Å²) in [7, 11) is 0. The van der Waals surface area contributed by atoms with Crippen LogP contribution in [0.15, 0.2) is 35.0 Å². The fourth-order valence-electron chi connectivity index (χ4n) is 3.70. The molecule has 1 fully saturated rings. The smallest absolute Gasteiger partial charge is 0.313 e. The number of carbonyl (C=O) groups is 2. The molecule has 3 rings (SSSR count). The maximum absolute atomic E-state index is 12.3. The lowest BCUT2D eigenvalue weighted by Gasteiger charge is -2.28. The molecule has 1 aliphatic carbocycles. The Morgan fingerprint density at radius 2 is 1.76 bits per heavy atom. The molecule has 2 amide bonds. The number of anilines is 1. The van der Waals surface area contributed by atoms with Gasteiger partial charge in [-0.15, -0.1) is 0 Å². The van der Waals surface area contributed by atoms with Gasteiger partial charge >= 0.3 is 11.8 Å². The van der Waals surface area contributed by atoms with Gasteiger partial charge in [0, 0.05) is 17.6 Å². The quantitative estimate of drug-likeness (QED) is 0.816. The van der Waals surface area contributed by atoms with Gasteiger partial charge in [-0.05, 0) is 60.2 Å². The minimum atomic E-state index is -0.601. The van der Waals surface area contributed by atoms with E-state index in [0.29, 0.717) is 6.54 Å². The molecule has 0 spiro atoms. The number of nitrogens with one attached hydrogen (secondary N) is 2. The highest BCUT2D eigenvalue weighted by molar-refractivity contribution is 7.08. The second-order valence-electron chi connectivity index (χ2n) is 6.90. The lowest BCUT2D eigenvalue weighted by molar-refractivity contribution is -0.136. The fourth-order valence-corrected chi connectivity index (χ4v) is 4.48. The van der Waals surface area contributed by atoms with Crippen LogP contribution >= 0.6 is 11.3 Å². The number of para-hydroxylation sites is 1. The number of hydrogen-bond acceptors (Lipinski definition) is 3. The van der Waals surface area contributed by atoms with Crippen molar-refractivity contribution < 1.29 is 9.59 Å². The first-order valence-electron chi connectivity index (χ1n) is 8.70. The molecule has 0 bridgehead atoms. The van der Waals surface area contributed by atoms with E-state index in [-0.39, 0.29) is 5.41 Å². The zero-order valence-corrected chi connectivity index (χ0v) is 15.5. The molecule has 0 atom stereocenters. The summed E-state index contributed by atoms with van der Waals surface area (Å²) in [6.45, 7) is 4.36. The first-order valence-corrected chi connectivity index (χ1v) is 9.64. The molecule has 132 valence electrons. The van der Waals surface area contributed by atoms with Gasteiger partial charge in [-0.2, -0.15) is 11.3 Å². The number of thiophene rings is 1. The first kappa shape index (κ1) is 17.7. The summed E-state index contributed by atoms with van der Waals surface area (Å²) in [6, 6.07) is 7.92. The molecule has 2 aromatic rings. The van der Waals surface area contributed by atoms with Gasteiger partial charge in [-0.25, -0.2) is 0 Å². The number of hydrogen-bond donors (Lipinski definition) is 2. The van der Waals surface area contributed by atoms with Gasteiger partial charge in [-0.1, -0.05) is 31.0 Å². The number of carbonyl (C=O) groups excluding carboxylic acids is 2. The van der Waals surface area contributed by atoms with Crippen LogP contribution in [0, 0.1) is 13.8 Å². The summed E-state index contributed by atoms with van der Waals surface area (Å²) >= 11 is 1.68. The van der Waals surface area contributed by atoms with Crippen LogP contribution in [0.4, 0.5) is 5.69 Å². The van der Waals surface area contributed by atoms with Gasteiger partial charge in [0.1, 0.15) is 0 Å². The van der Waals surface area contributed by atoms with Crippen molar-refractivity contribution >= 4 is 28.8 Å². The van der Waals surface area contributed by atoms with Gasteiger partial charge in [-0.3, -0.25) is 9.59 Å². The molecule has 25 heavy (non-hydrogen) atoms. The van der Waals surface area contributed by atoms with Crippen molar-refractivity contribution in [2.75, 3.05) is 11.9 Å². The largest absolute Gasteiger partial charge is 0.347 e. The van der Waals surface area contributed by atoms with Crippen molar-refractivity contribution in [2.45, 2.75) is 44.9 Å².